The van der Waals surface area contributed by atoms with Crippen molar-refractivity contribution in [3.63, 3.8) is 0 Å². The van der Waals surface area contributed by atoms with Gasteiger partial charge in [-0.25, -0.2) is 9.78 Å². The van der Waals surface area contributed by atoms with E-state index < -0.39 is 57.2 Å². The van der Waals surface area contributed by atoms with Gasteiger partial charge >= 0.3 is 16.4 Å². The van der Waals surface area contributed by atoms with Crippen molar-refractivity contribution in [1.82, 2.24) is 15.4 Å². The van der Waals surface area contributed by atoms with E-state index in [1.165, 1.54) is 26.2 Å². The second kappa shape index (κ2) is 12.9. The van der Waals surface area contributed by atoms with Crippen molar-refractivity contribution < 1.29 is 46.3 Å². The summed E-state index contributed by atoms with van der Waals surface area (Å²) in [5.41, 5.74) is 15.4. The molecule has 1 aromatic carbocycles. The maximum absolute atomic E-state index is 13.4. The van der Waals surface area contributed by atoms with Crippen LogP contribution in [0, 0.1) is 0 Å². The number of nitrogens with two attached hydrogens (primary N) is 3. The predicted molar refractivity (Wildman–Crippen MR) is 171 cm³/mol. The van der Waals surface area contributed by atoms with Crippen LogP contribution >= 0.6 is 11.3 Å². The molecule has 0 spiro atoms. The number of aryl methyl sites for hydroxylation is 1. The lowest BCUT2D eigenvalue weighted by Gasteiger charge is -2.50. The minimum Gasteiger partial charge on any atom is -0.485 e. The average Bonchev–Trinajstić information content (AvgIpc) is 3.64. The number of thiazole rings is 1. The number of hydroxylamine groups is 2. The zero-order chi connectivity index (χ0) is 35.2. The number of hydrogen-bond donors (Lipinski definition) is 6. The number of anilines is 1. The number of carbonyl (C=O) groups excluding carboxylic acids is 2. The lowest BCUT2D eigenvalue weighted by Crippen LogP contribution is -2.76. The number of fused-ring (bicyclic) bond motifs is 1. The summed E-state index contributed by atoms with van der Waals surface area (Å²) in [6.07, 6.45) is 2.07. The largest absolute Gasteiger partial charge is 0.485 e. The Kier molecular flexibility index (Phi) is 9.40. The average molecular weight is 709 g/mol. The van der Waals surface area contributed by atoms with Gasteiger partial charge in [-0.1, -0.05) is 5.16 Å². The molecule has 0 bridgehead atoms. The Balaban J connectivity index is 1.35. The normalized spacial score (nSPS) is 25.4. The van der Waals surface area contributed by atoms with E-state index in [2.05, 4.69) is 24.7 Å². The van der Waals surface area contributed by atoms with Crippen LogP contribution in [0.5, 0.6) is 5.75 Å². The van der Waals surface area contributed by atoms with Crippen LogP contribution in [0.1, 0.15) is 63.3 Å². The highest BCUT2D eigenvalue weighted by atomic mass is 32.3. The van der Waals surface area contributed by atoms with Gasteiger partial charge < -0.3 is 37.2 Å². The predicted octanol–water partition coefficient (Wildman–Crippen LogP) is 0.108. The summed E-state index contributed by atoms with van der Waals surface area (Å²) in [4.78, 5) is 52.9. The van der Waals surface area contributed by atoms with Crippen LogP contribution in [0.2, 0.25) is 0 Å². The van der Waals surface area contributed by atoms with Gasteiger partial charge in [-0.15, -0.1) is 15.6 Å². The number of aromatic nitrogens is 1. The smallest absolute Gasteiger partial charge is 0.418 e. The van der Waals surface area contributed by atoms with Crippen LogP contribution in [0.4, 0.5) is 5.13 Å². The van der Waals surface area contributed by atoms with Gasteiger partial charge in [-0.3, -0.25) is 19.1 Å². The number of nitrogen functional groups attached to an aromatic ring is 1. The van der Waals surface area contributed by atoms with Crippen LogP contribution in [0.25, 0.3) is 0 Å². The Morgan fingerprint density at radius 3 is 2.58 bits per heavy atom. The van der Waals surface area contributed by atoms with Gasteiger partial charge in [0.15, 0.2) is 16.9 Å². The first-order chi connectivity index (χ1) is 22.4. The van der Waals surface area contributed by atoms with Gasteiger partial charge in [-0.2, -0.15) is 13.5 Å². The Bertz CT molecular complexity index is 1800. The van der Waals surface area contributed by atoms with Crippen molar-refractivity contribution in [2.24, 2.45) is 21.6 Å². The number of aliphatic carboxylic acids is 1. The van der Waals surface area contributed by atoms with Crippen LogP contribution in [-0.4, -0.2) is 92.8 Å². The minimum atomic E-state index is -5.03. The maximum atomic E-state index is 13.4. The number of nitrogens with one attached hydrogen (secondary N) is 1. The molecule has 2 aromatic rings. The molecule has 2 fully saturated rings. The molecular weight excluding hydrogens is 672 g/mol. The van der Waals surface area contributed by atoms with Crippen LogP contribution in [-0.2, 0) is 40.3 Å². The molecule has 2 amide bonds. The molecule has 9 N–H and O–H groups in total. The van der Waals surface area contributed by atoms with E-state index in [1.54, 1.807) is 12.1 Å². The van der Waals surface area contributed by atoms with E-state index in [4.69, 9.17) is 31.3 Å². The fourth-order valence-corrected chi connectivity index (χ4v) is 6.71. The first kappa shape index (κ1) is 35.0. The molecule has 2 aliphatic heterocycles. The van der Waals surface area contributed by atoms with Gasteiger partial charge in [0.2, 0.25) is 0 Å². The molecule has 1 aromatic heterocycles. The molecule has 20 heteroatoms. The zero-order valence-corrected chi connectivity index (χ0v) is 27.8. The van der Waals surface area contributed by atoms with E-state index >= 15 is 0 Å². The molecule has 1 saturated heterocycles. The third kappa shape index (κ3) is 7.06. The highest BCUT2D eigenvalue weighted by Gasteiger charge is 2.58. The first-order valence-corrected chi connectivity index (χ1v) is 17.0. The summed E-state index contributed by atoms with van der Waals surface area (Å²) in [7, 11) is -5.03. The molecule has 5 rings (SSSR count). The van der Waals surface area contributed by atoms with E-state index in [0.717, 1.165) is 36.2 Å². The number of oxime groups is 1. The SMILES string of the molecule is CC(ON=C(C(=O)NC1C(=O)N(OS(=O)(=O)O)C1(C)C)c1csc(N)n1)(C(=O)O)C1CCc2cc(C(N)=N[C@H]3CC[C@@H](N)C3)ccc2O1. The van der Waals surface area contributed by atoms with Crippen molar-refractivity contribution in [1.29, 1.82) is 0 Å². The number of carboxylic acid groups (broad SMARTS) is 1. The number of rotatable bonds is 11. The van der Waals surface area contributed by atoms with Gasteiger partial charge in [0.05, 0.1) is 11.6 Å². The monoisotopic (exact) mass is 708 g/mol. The molecule has 0 radical (unpaired) electrons. The number of carbonyl (C=O) groups is 3. The van der Waals surface area contributed by atoms with E-state index in [-0.39, 0.29) is 29.3 Å². The molecule has 3 heterocycles. The van der Waals surface area contributed by atoms with Gasteiger partial charge in [0.1, 0.15) is 23.3 Å². The molecular formula is C28H36N8O10S2. The second-order valence-corrected chi connectivity index (χ2v) is 14.3. The van der Waals surface area contributed by atoms with Crippen molar-refractivity contribution >= 4 is 56.2 Å². The maximum Gasteiger partial charge on any atom is 0.418 e. The van der Waals surface area contributed by atoms with Crippen molar-refractivity contribution in [3.8, 4) is 5.75 Å². The van der Waals surface area contributed by atoms with E-state index in [1.807, 2.05) is 6.07 Å². The third-order valence-corrected chi connectivity index (χ3v) is 9.55. The van der Waals surface area contributed by atoms with Crippen molar-refractivity contribution in [3.05, 3.63) is 40.4 Å². The minimum absolute atomic E-state index is 0.0587. The highest BCUT2D eigenvalue weighted by molar-refractivity contribution is 7.80. The van der Waals surface area contributed by atoms with Crippen LogP contribution < -0.4 is 27.3 Å². The Morgan fingerprint density at radius 2 is 2.00 bits per heavy atom. The van der Waals surface area contributed by atoms with E-state index in [0.29, 0.717) is 28.6 Å². The number of nitrogens with zero attached hydrogens (tertiary/aromatic N) is 4. The Hall–Kier alpha value is -4.37. The fraction of sp³-hybridized carbons (Fsp3) is 0.500. The summed E-state index contributed by atoms with van der Waals surface area (Å²) in [5, 5.41) is 18.4. The number of hydrogen-bond acceptors (Lipinski definition) is 14. The standard InChI is InChI=1S/C28H36N8O10S2/c1-27(2)21(24(38)36(27)46-48(41,42)43)34-23(37)20(17-12-47-26(31)33-17)35-45-28(3,25(39)40)19-9-5-13-10-14(4-8-18(13)44-19)22(30)32-16-7-6-15(29)11-16/h4,8,10,12,15-16,19,21H,5-7,9,11,29H2,1-3H3,(H2,30,32)(H2,31,33)(H,34,37)(H,39,40)(H,41,42,43)/t15-,16+,19?,21?,28?/m1/s1. The fourth-order valence-electron chi connectivity index (χ4n) is 5.71. The number of benzene rings is 1. The summed E-state index contributed by atoms with van der Waals surface area (Å²) >= 11 is 0.964. The molecule has 18 nitrogen and oxygen atoms in total. The highest BCUT2D eigenvalue weighted by Crippen LogP contribution is 2.35. The molecule has 260 valence electrons. The molecule has 1 aliphatic carbocycles. The third-order valence-electron chi connectivity index (χ3n) is 8.53. The Morgan fingerprint density at radius 1 is 1.27 bits per heavy atom. The van der Waals surface area contributed by atoms with Crippen molar-refractivity contribution in [2.45, 2.75) is 88.2 Å². The lowest BCUT2D eigenvalue weighted by molar-refractivity contribution is -0.218. The quantitative estimate of drug-likeness (QED) is 0.0594. The molecule has 1 saturated carbocycles. The van der Waals surface area contributed by atoms with Gasteiger partial charge in [0.25, 0.3) is 17.4 Å². The molecule has 3 unspecified atom stereocenters. The molecule has 48 heavy (non-hydrogen) atoms. The number of ether oxygens (including phenoxy) is 1. The number of amidine groups is 1. The van der Waals surface area contributed by atoms with Crippen LogP contribution in [0.3, 0.4) is 0 Å². The topological polar surface area (TPSA) is 284 Å². The first-order valence-electron chi connectivity index (χ1n) is 14.8. The summed E-state index contributed by atoms with van der Waals surface area (Å²) in [6.45, 7) is 3.98. The lowest BCUT2D eigenvalue weighted by atomic mass is 9.84. The van der Waals surface area contributed by atoms with Crippen molar-refractivity contribution in [2.75, 3.05) is 5.73 Å². The number of carboxylic acids is 1. The summed E-state index contributed by atoms with van der Waals surface area (Å²) < 4.78 is 41.7. The van der Waals surface area contributed by atoms with Gasteiger partial charge in [-0.05, 0) is 76.6 Å². The van der Waals surface area contributed by atoms with Gasteiger partial charge in [0, 0.05) is 17.0 Å². The van der Waals surface area contributed by atoms with Crippen LogP contribution in [0.15, 0.2) is 33.7 Å². The summed E-state index contributed by atoms with van der Waals surface area (Å²) in [5.74, 6) is -2.65. The second-order valence-electron chi connectivity index (χ2n) is 12.4. The molecule has 3 aliphatic rings. The van der Waals surface area contributed by atoms with E-state index in [9.17, 15) is 27.9 Å². The molecule has 5 atom stereocenters. The number of amides is 2. The Labute approximate surface area is 279 Å². The number of β-lactam (4-membered cyclic amide) rings is 1. The number of aliphatic imine (C=N–C) groups is 1. The summed E-state index contributed by atoms with van der Waals surface area (Å²) in [6, 6.07) is 4.09. The zero-order valence-electron chi connectivity index (χ0n) is 26.2.